The molecular weight excluding hydrogens is 282 g/mol. The summed E-state index contributed by atoms with van der Waals surface area (Å²) in [4.78, 5) is 0. The Morgan fingerprint density at radius 2 is 2.00 bits per heavy atom. The molecular formula is C17H22ClN3. The second-order valence-corrected chi connectivity index (χ2v) is 6.60. The van der Waals surface area contributed by atoms with Gasteiger partial charge in [0.15, 0.2) is 0 Å². The van der Waals surface area contributed by atoms with E-state index in [0.717, 1.165) is 16.4 Å². The predicted molar refractivity (Wildman–Crippen MR) is 88.2 cm³/mol. The summed E-state index contributed by atoms with van der Waals surface area (Å²) >= 11 is 6.20. The highest BCUT2D eigenvalue weighted by Gasteiger charge is 2.28. The molecule has 0 spiro atoms. The van der Waals surface area contributed by atoms with Crippen LogP contribution in [-0.2, 0) is 0 Å². The number of nitrogens with one attached hydrogen (secondary N) is 1. The molecule has 0 bridgehead atoms. The molecule has 2 unspecified atom stereocenters. The Morgan fingerprint density at radius 3 is 2.67 bits per heavy atom. The molecule has 4 heteroatoms. The lowest BCUT2D eigenvalue weighted by molar-refractivity contribution is 0.268. The maximum absolute atomic E-state index is 6.20. The Bertz CT molecular complexity index is 584. The maximum atomic E-state index is 6.20. The molecule has 3 rings (SSSR count). The van der Waals surface area contributed by atoms with Gasteiger partial charge in [-0.2, -0.15) is 5.10 Å². The first-order chi connectivity index (χ1) is 10.1. The predicted octanol–water partition coefficient (Wildman–Crippen LogP) is 4.76. The number of benzene rings is 1. The summed E-state index contributed by atoms with van der Waals surface area (Å²) < 4.78 is 1.89. The Kier molecular flexibility index (Phi) is 4.20. The molecule has 1 fully saturated rings. The molecule has 2 atom stereocenters. The molecule has 21 heavy (non-hydrogen) atoms. The van der Waals surface area contributed by atoms with Gasteiger partial charge in [-0.25, -0.2) is 4.68 Å². The van der Waals surface area contributed by atoms with Crippen LogP contribution in [0.3, 0.4) is 0 Å². The van der Waals surface area contributed by atoms with Gasteiger partial charge in [-0.3, -0.25) is 0 Å². The summed E-state index contributed by atoms with van der Waals surface area (Å²) in [5.74, 6) is 1.36. The lowest BCUT2D eigenvalue weighted by Crippen LogP contribution is -2.37. The van der Waals surface area contributed by atoms with Crippen LogP contribution in [0.1, 0.15) is 33.1 Å². The fourth-order valence-corrected chi connectivity index (χ4v) is 3.55. The highest BCUT2D eigenvalue weighted by atomic mass is 35.5. The first kappa shape index (κ1) is 14.5. The number of rotatable bonds is 3. The molecule has 1 saturated carbocycles. The van der Waals surface area contributed by atoms with Gasteiger partial charge in [0.1, 0.15) is 0 Å². The number of anilines is 1. The van der Waals surface area contributed by atoms with E-state index < -0.39 is 0 Å². The van der Waals surface area contributed by atoms with Crippen LogP contribution in [0.15, 0.2) is 36.7 Å². The van der Waals surface area contributed by atoms with Gasteiger partial charge in [-0.15, -0.1) is 0 Å². The van der Waals surface area contributed by atoms with E-state index >= 15 is 0 Å². The number of nitrogens with zero attached hydrogens (tertiary/aromatic N) is 2. The summed E-state index contributed by atoms with van der Waals surface area (Å²) in [5.41, 5.74) is 2.12. The Morgan fingerprint density at radius 1 is 1.24 bits per heavy atom. The third-order valence-corrected chi connectivity index (χ3v) is 4.81. The van der Waals surface area contributed by atoms with Gasteiger partial charge in [-0.05, 0) is 48.9 Å². The lowest BCUT2D eigenvalue weighted by atomic mass is 9.78. The van der Waals surface area contributed by atoms with Crippen LogP contribution < -0.4 is 5.32 Å². The first-order valence-electron chi connectivity index (χ1n) is 7.71. The topological polar surface area (TPSA) is 29.9 Å². The van der Waals surface area contributed by atoms with Crippen LogP contribution in [0.5, 0.6) is 0 Å². The number of hydrogen-bond donors (Lipinski definition) is 1. The molecule has 1 aliphatic carbocycles. The van der Waals surface area contributed by atoms with Gasteiger partial charge in [0.2, 0.25) is 0 Å². The van der Waals surface area contributed by atoms with E-state index in [9.17, 15) is 0 Å². The molecule has 3 nitrogen and oxygen atoms in total. The van der Waals surface area contributed by atoms with Crippen molar-refractivity contribution in [3.8, 4) is 5.69 Å². The van der Waals surface area contributed by atoms with Gasteiger partial charge >= 0.3 is 0 Å². The van der Waals surface area contributed by atoms with E-state index in [1.165, 1.54) is 19.3 Å². The SMILES string of the molecule is CC1CCCC(C)C1Nc1cc(Cl)ccc1-n1cccn1. The molecule has 0 saturated heterocycles. The summed E-state index contributed by atoms with van der Waals surface area (Å²) in [7, 11) is 0. The van der Waals surface area contributed by atoms with Crippen LogP contribution in [0.2, 0.25) is 5.02 Å². The zero-order valence-corrected chi connectivity index (χ0v) is 13.3. The molecule has 112 valence electrons. The summed E-state index contributed by atoms with van der Waals surface area (Å²) in [6.45, 7) is 4.68. The van der Waals surface area contributed by atoms with E-state index in [-0.39, 0.29) is 0 Å². The van der Waals surface area contributed by atoms with Crippen LogP contribution in [0.25, 0.3) is 5.69 Å². The van der Waals surface area contributed by atoms with Crippen molar-refractivity contribution in [3.05, 3.63) is 41.7 Å². The molecule has 0 amide bonds. The minimum Gasteiger partial charge on any atom is -0.380 e. The molecule has 1 N–H and O–H groups in total. The van der Waals surface area contributed by atoms with E-state index in [0.29, 0.717) is 17.9 Å². The summed E-state index contributed by atoms with van der Waals surface area (Å²) in [5, 5.41) is 8.83. The zero-order chi connectivity index (χ0) is 14.8. The minimum atomic E-state index is 0.492. The number of hydrogen-bond acceptors (Lipinski definition) is 2. The third kappa shape index (κ3) is 3.08. The Labute approximate surface area is 131 Å². The second kappa shape index (κ2) is 6.10. The summed E-state index contributed by atoms with van der Waals surface area (Å²) in [6, 6.07) is 8.37. The smallest absolute Gasteiger partial charge is 0.0877 e. The van der Waals surface area contributed by atoms with Gasteiger partial charge < -0.3 is 5.32 Å². The monoisotopic (exact) mass is 303 g/mol. The molecule has 1 aliphatic rings. The molecule has 1 heterocycles. The summed E-state index contributed by atoms with van der Waals surface area (Å²) in [6.07, 6.45) is 7.67. The van der Waals surface area contributed by atoms with Crippen LogP contribution in [-0.4, -0.2) is 15.8 Å². The van der Waals surface area contributed by atoms with Crippen molar-refractivity contribution in [2.45, 2.75) is 39.2 Å². The highest BCUT2D eigenvalue weighted by Crippen LogP contribution is 2.33. The van der Waals surface area contributed by atoms with Crippen LogP contribution in [0.4, 0.5) is 5.69 Å². The van der Waals surface area contributed by atoms with E-state index in [2.05, 4.69) is 24.3 Å². The maximum Gasteiger partial charge on any atom is 0.0877 e. The van der Waals surface area contributed by atoms with E-state index in [1.807, 2.05) is 35.1 Å². The second-order valence-electron chi connectivity index (χ2n) is 6.17. The third-order valence-electron chi connectivity index (χ3n) is 4.58. The molecule has 0 aliphatic heterocycles. The van der Waals surface area contributed by atoms with Crippen molar-refractivity contribution in [2.75, 3.05) is 5.32 Å². The normalized spacial score (nSPS) is 25.8. The molecule has 1 aromatic heterocycles. The molecule has 1 aromatic carbocycles. The quantitative estimate of drug-likeness (QED) is 0.885. The standard InChI is InChI=1S/C17H22ClN3/c1-12-5-3-6-13(2)17(12)20-15-11-14(18)7-8-16(15)21-10-4-9-19-21/h4,7-13,17,20H,3,5-6H2,1-2H3. The van der Waals surface area contributed by atoms with Gasteiger partial charge in [0.05, 0.1) is 11.4 Å². The van der Waals surface area contributed by atoms with Crippen molar-refractivity contribution >= 4 is 17.3 Å². The Hall–Kier alpha value is -1.48. The van der Waals surface area contributed by atoms with E-state index in [4.69, 9.17) is 11.6 Å². The van der Waals surface area contributed by atoms with Gasteiger partial charge in [0, 0.05) is 23.5 Å². The lowest BCUT2D eigenvalue weighted by Gasteiger charge is -2.36. The van der Waals surface area contributed by atoms with Crippen molar-refractivity contribution < 1.29 is 0 Å². The van der Waals surface area contributed by atoms with E-state index in [1.54, 1.807) is 6.20 Å². The van der Waals surface area contributed by atoms with Gasteiger partial charge in [0.25, 0.3) is 0 Å². The van der Waals surface area contributed by atoms with Crippen molar-refractivity contribution in [1.29, 1.82) is 0 Å². The number of aromatic nitrogens is 2. The van der Waals surface area contributed by atoms with Crippen LogP contribution >= 0.6 is 11.6 Å². The minimum absolute atomic E-state index is 0.492. The average molecular weight is 304 g/mol. The Balaban J connectivity index is 1.92. The molecule has 2 aromatic rings. The van der Waals surface area contributed by atoms with Crippen molar-refractivity contribution in [3.63, 3.8) is 0 Å². The van der Waals surface area contributed by atoms with Crippen LogP contribution in [0, 0.1) is 11.8 Å². The molecule has 0 radical (unpaired) electrons. The largest absolute Gasteiger partial charge is 0.380 e. The van der Waals surface area contributed by atoms with Gasteiger partial charge in [-0.1, -0.05) is 31.9 Å². The van der Waals surface area contributed by atoms with Crippen molar-refractivity contribution in [1.82, 2.24) is 9.78 Å². The number of halogens is 1. The first-order valence-corrected chi connectivity index (χ1v) is 8.09. The average Bonchev–Trinajstić information content (AvgIpc) is 2.97. The highest BCUT2D eigenvalue weighted by molar-refractivity contribution is 6.31. The fraction of sp³-hybridized carbons (Fsp3) is 0.471. The fourth-order valence-electron chi connectivity index (χ4n) is 3.38. The zero-order valence-electron chi connectivity index (χ0n) is 12.6. The van der Waals surface area contributed by atoms with Crippen molar-refractivity contribution in [2.24, 2.45) is 11.8 Å².